The number of carbonyl (C=O) groups is 1. The summed E-state index contributed by atoms with van der Waals surface area (Å²) in [5.41, 5.74) is 3.88. The van der Waals surface area contributed by atoms with Crippen LogP contribution in [0.1, 0.15) is 40.9 Å². The van der Waals surface area contributed by atoms with Crippen LogP contribution in [0.25, 0.3) is 0 Å². The van der Waals surface area contributed by atoms with Gasteiger partial charge in [0.05, 0.1) is 4.90 Å². The first-order valence-corrected chi connectivity index (χ1v) is 10.1. The van der Waals surface area contributed by atoms with E-state index in [2.05, 4.69) is 5.32 Å². The van der Waals surface area contributed by atoms with Crippen molar-refractivity contribution in [3.63, 3.8) is 0 Å². The first-order chi connectivity index (χ1) is 12.2. The Morgan fingerprint density at radius 2 is 1.62 bits per heavy atom. The zero-order chi connectivity index (χ0) is 19.5. The molecule has 6 heteroatoms. The number of nitrogens with zero attached hydrogens (tertiary/aromatic N) is 1. The van der Waals surface area contributed by atoms with Crippen molar-refractivity contribution in [1.82, 2.24) is 4.31 Å². The van der Waals surface area contributed by atoms with Gasteiger partial charge in [0.25, 0.3) is 5.91 Å². The van der Waals surface area contributed by atoms with Crippen LogP contribution in [0.4, 0.5) is 5.69 Å². The van der Waals surface area contributed by atoms with Crippen molar-refractivity contribution in [2.45, 2.75) is 39.5 Å². The third kappa shape index (κ3) is 4.14. The first kappa shape index (κ1) is 20.1. The molecule has 26 heavy (non-hydrogen) atoms. The van der Waals surface area contributed by atoms with Gasteiger partial charge in [0.15, 0.2) is 0 Å². The lowest BCUT2D eigenvalue weighted by Crippen LogP contribution is -2.30. The van der Waals surface area contributed by atoms with Crippen molar-refractivity contribution in [1.29, 1.82) is 0 Å². The molecule has 0 saturated carbocycles. The van der Waals surface area contributed by atoms with Gasteiger partial charge in [-0.1, -0.05) is 37.6 Å². The van der Waals surface area contributed by atoms with E-state index < -0.39 is 10.0 Å². The molecular weight excluding hydrogens is 348 g/mol. The maximum atomic E-state index is 12.7. The molecule has 0 aliphatic heterocycles. The number of nitrogens with one attached hydrogen (secondary N) is 1. The molecule has 0 spiro atoms. The van der Waals surface area contributed by atoms with Gasteiger partial charge in [0.1, 0.15) is 0 Å². The quantitative estimate of drug-likeness (QED) is 0.834. The second-order valence-electron chi connectivity index (χ2n) is 6.34. The molecule has 1 N–H and O–H groups in total. The molecule has 2 rings (SSSR count). The first-order valence-electron chi connectivity index (χ1n) is 8.70. The van der Waals surface area contributed by atoms with E-state index >= 15 is 0 Å². The summed E-state index contributed by atoms with van der Waals surface area (Å²) in [6.45, 7) is 10.1. The number of hydrogen-bond donors (Lipinski definition) is 1. The molecule has 0 saturated heterocycles. The van der Waals surface area contributed by atoms with E-state index in [1.165, 1.54) is 10.4 Å². The summed E-state index contributed by atoms with van der Waals surface area (Å²) in [5, 5.41) is 2.88. The smallest absolute Gasteiger partial charge is 0.255 e. The van der Waals surface area contributed by atoms with E-state index in [1.54, 1.807) is 32.9 Å². The lowest BCUT2D eigenvalue weighted by atomic mass is 10.1. The number of hydrogen-bond acceptors (Lipinski definition) is 3. The van der Waals surface area contributed by atoms with Gasteiger partial charge in [-0.15, -0.1) is 0 Å². The average Bonchev–Trinajstić information content (AvgIpc) is 2.58. The molecule has 140 valence electrons. The Labute approximate surface area is 156 Å². The highest BCUT2D eigenvalue weighted by molar-refractivity contribution is 7.89. The van der Waals surface area contributed by atoms with Crippen LogP contribution in [0.2, 0.25) is 0 Å². The molecular formula is C20H26N2O3S. The minimum Gasteiger partial charge on any atom is -0.322 e. The molecule has 0 heterocycles. The van der Waals surface area contributed by atoms with E-state index in [1.807, 2.05) is 32.0 Å². The monoisotopic (exact) mass is 374 g/mol. The largest absolute Gasteiger partial charge is 0.322 e. The number of benzene rings is 2. The van der Waals surface area contributed by atoms with Crippen molar-refractivity contribution < 1.29 is 13.2 Å². The summed E-state index contributed by atoms with van der Waals surface area (Å²) in [6.07, 6.45) is 0. The number of aryl methyl sites for hydroxylation is 3. The number of sulfonamides is 1. The maximum Gasteiger partial charge on any atom is 0.255 e. The van der Waals surface area contributed by atoms with Gasteiger partial charge in [0.2, 0.25) is 10.0 Å². The van der Waals surface area contributed by atoms with Crippen LogP contribution in [-0.4, -0.2) is 31.7 Å². The fraction of sp³-hybridized carbons (Fsp3) is 0.350. The Balaban J connectivity index is 2.39. The zero-order valence-electron chi connectivity index (χ0n) is 16.0. The van der Waals surface area contributed by atoms with Crippen LogP contribution in [0.5, 0.6) is 0 Å². The van der Waals surface area contributed by atoms with E-state index in [-0.39, 0.29) is 10.8 Å². The van der Waals surface area contributed by atoms with Crippen molar-refractivity contribution in [2.75, 3.05) is 18.4 Å². The van der Waals surface area contributed by atoms with Gasteiger partial charge in [-0.3, -0.25) is 4.79 Å². The molecule has 2 aromatic carbocycles. The summed E-state index contributed by atoms with van der Waals surface area (Å²) in [5.74, 6) is -0.314. The molecule has 1 amide bonds. The van der Waals surface area contributed by atoms with E-state index in [4.69, 9.17) is 0 Å². The fourth-order valence-electron chi connectivity index (χ4n) is 2.86. The standard InChI is InChI=1S/C20H26N2O3S/c1-6-22(7-2)26(24,25)17-10-9-15(4)18(13-17)20(23)21-19-11-8-14(3)12-16(19)5/h8-13H,6-7H2,1-5H3,(H,21,23). The molecule has 0 aromatic heterocycles. The van der Waals surface area contributed by atoms with Crippen LogP contribution in [0.3, 0.4) is 0 Å². The molecule has 0 atom stereocenters. The van der Waals surface area contributed by atoms with Crippen LogP contribution >= 0.6 is 0 Å². The summed E-state index contributed by atoms with van der Waals surface area (Å²) >= 11 is 0. The fourth-order valence-corrected chi connectivity index (χ4v) is 4.35. The minimum absolute atomic E-state index is 0.137. The Kier molecular flexibility index (Phi) is 6.21. The molecule has 0 bridgehead atoms. The molecule has 0 aliphatic rings. The van der Waals surface area contributed by atoms with Gasteiger partial charge < -0.3 is 5.32 Å². The third-order valence-corrected chi connectivity index (χ3v) is 6.47. The highest BCUT2D eigenvalue weighted by Crippen LogP contribution is 2.22. The summed E-state index contributed by atoms with van der Waals surface area (Å²) in [6, 6.07) is 10.5. The molecule has 0 radical (unpaired) electrons. The van der Waals surface area contributed by atoms with Crippen LogP contribution < -0.4 is 5.32 Å². The SMILES string of the molecule is CCN(CC)S(=O)(=O)c1ccc(C)c(C(=O)Nc2ccc(C)cc2C)c1. The predicted octanol–water partition coefficient (Wildman–Crippen LogP) is 3.89. The topological polar surface area (TPSA) is 66.5 Å². The Morgan fingerprint density at radius 3 is 2.19 bits per heavy atom. The Morgan fingerprint density at radius 1 is 0.962 bits per heavy atom. The van der Waals surface area contributed by atoms with Crippen molar-refractivity contribution in [3.05, 3.63) is 58.7 Å². The lowest BCUT2D eigenvalue weighted by Gasteiger charge is -2.19. The van der Waals surface area contributed by atoms with Crippen LogP contribution in [0, 0.1) is 20.8 Å². The van der Waals surface area contributed by atoms with Gasteiger partial charge in [-0.25, -0.2) is 8.42 Å². The zero-order valence-corrected chi connectivity index (χ0v) is 16.8. The Bertz CT molecular complexity index is 917. The Hall–Kier alpha value is -2.18. The number of rotatable bonds is 6. The van der Waals surface area contributed by atoms with Crippen LogP contribution in [0.15, 0.2) is 41.3 Å². The van der Waals surface area contributed by atoms with E-state index in [0.29, 0.717) is 18.7 Å². The number of anilines is 1. The van der Waals surface area contributed by atoms with Crippen molar-refractivity contribution in [2.24, 2.45) is 0 Å². The van der Waals surface area contributed by atoms with Gasteiger partial charge in [-0.2, -0.15) is 4.31 Å². The number of amides is 1. The minimum atomic E-state index is -3.61. The molecule has 5 nitrogen and oxygen atoms in total. The van der Waals surface area contributed by atoms with Crippen LogP contribution in [-0.2, 0) is 10.0 Å². The average molecular weight is 375 g/mol. The molecule has 2 aromatic rings. The second-order valence-corrected chi connectivity index (χ2v) is 8.28. The van der Waals surface area contributed by atoms with Gasteiger partial charge >= 0.3 is 0 Å². The second kappa shape index (κ2) is 8.01. The predicted molar refractivity (Wildman–Crippen MR) is 105 cm³/mol. The third-order valence-electron chi connectivity index (χ3n) is 4.43. The van der Waals surface area contributed by atoms with E-state index in [9.17, 15) is 13.2 Å². The van der Waals surface area contributed by atoms with Gasteiger partial charge in [-0.05, 0) is 50.1 Å². The van der Waals surface area contributed by atoms with E-state index in [0.717, 1.165) is 22.4 Å². The summed E-state index contributed by atoms with van der Waals surface area (Å²) in [7, 11) is -3.61. The van der Waals surface area contributed by atoms with Crippen molar-refractivity contribution in [3.8, 4) is 0 Å². The maximum absolute atomic E-state index is 12.7. The highest BCUT2D eigenvalue weighted by Gasteiger charge is 2.23. The van der Waals surface area contributed by atoms with Crippen molar-refractivity contribution >= 4 is 21.6 Å². The number of carbonyl (C=O) groups excluding carboxylic acids is 1. The normalized spacial score (nSPS) is 11.6. The molecule has 0 fully saturated rings. The summed E-state index contributed by atoms with van der Waals surface area (Å²) in [4.78, 5) is 12.9. The molecule has 0 aliphatic carbocycles. The highest BCUT2D eigenvalue weighted by atomic mass is 32.2. The lowest BCUT2D eigenvalue weighted by molar-refractivity contribution is 0.102. The summed E-state index contributed by atoms with van der Waals surface area (Å²) < 4.78 is 26.8. The van der Waals surface area contributed by atoms with Gasteiger partial charge in [0, 0.05) is 24.3 Å². The molecule has 0 unspecified atom stereocenters.